The molecule has 5 heteroatoms. The molecule has 5 nitrogen and oxygen atoms in total. The van der Waals surface area contributed by atoms with E-state index in [0.29, 0.717) is 12.1 Å². The van der Waals surface area contributed by atoms with Crippen LogP contribution in [0.5, 0.6) is 0 Å². The number of amides is 2. The Labute approximate surface area is 98.7 Å². The first kappa shape index (κ1) is 11.3. The number of hydrogen-bond donors (Lipinski definition) is 2. The van der Waals surface area contributed by atoms with E-state index < -0.39 is 5.91 Å². The normalized spacial score (nSPS) is 16.0. The van der Waals surface area contributed by atoms with Crippen LogP contribution < -0.4 is 11.5 Å². The van der Waals surface area contributed by atoms with Gasteiger partial charge >= 0.3 is 0 Å². The predicted molar refractivity (Wildman–Crippen MR) is 63.2 cm³/mol. The maximum atomic E-state index is 11.8. The van der Waals surface area contributed by atoms with E-state index in [0.717, 1.165) is 10.5 Å². The minimum Gasteiger partial charge on any atom is -0.394 e. The highest BCUT2D eigenvalue weighted by Gasteiger charge is 2.34. The van der Waals surface area contributed by atoms with E-state index in [-0.39, 0.29) is 17.2 Å². The maximum absolute atomic E-state index is 11.8. The molecule has 0 saturated carbocycles. The van der Waals surface area contributed by atoms with E-state index in [1.165, 1.54) is 7.05 Å². The zero-order valence-corrected chi connectivity index (χ0v) is 9.43. The van der Waals surface area contributed by atoms with Gasteiger partial charge in [0.2, 0.25) is 0 Å². The predicted octanol–water partition coefficient (Wildman–Crippen LogP) is -0.186. The first-order chi connectivity index (χ1) is 8.06. The van der Waals surface area contributed by atoms with Gasteiger partial charge in [0.1, 0.15) is 5.70 Å². The summed E-state index contributed by atoms with van der Waals surface area (Å²) in [4.78, 5) is 24.4. The molecule has 4 N–H and O–H groups in total. The van der Waals surface area contributed by atoms with E-state index in [1.54, 1.807) is 12.1 Å². The number of carbonyl (C=O) groups excluding carboxylic acids is 2. The fourth-order valence-corrected chi connectivity index (χ4v) is 1.75. The summed E-state index contributed by atoms with van der Waals surface area (Å²) in [6.45, 7) is 0.432. The molecular weight excluding hydrogens is 218 g/mol. The summed E-state index contributed by atoms with van der Waals surface area (Å²) in [5.74, 6) is -0.819. The van der Waals surface area contributed by atoms with Crippen molar-refractivity contribution < 1.29 is 9.59 Å². The highest BCUT2D eigenvalue weighted by atomic mass is 16.2. The standard InChI is InChI=1S/C12H13N3O2/c1-15-11(16)9(10(14)12(15)17)8-4-2-7(6-13)3-5-8/h2-5H,6,13-14H2,1H3. The second-order valence-corrected chi connectivity index (χ2v) is 3.86. The molecular formula is C12H13N3O2. The van der Waals surface area contributed by atoms with Crippen LogP contribution >= 0.6 is 0 Å². The summed E-state index contributed by atoms with van der Waals surface area (Å²) in [5, 5.41) is 0. The van der Waals surface area contributed by atoms with Crippen molar-refractivity contribution in [1.29, 1.82) is 0 Å². The Morgan fingerprint density at radius 1 is 1.12 bits per heavy atom. The van der Waals surface area contributed by atoms with Crippen LogP contribution in [-0.4, -0.2) is 23.8 Å². The molecule has 0 fully saturated rings. The summed E-state index contributed by atoms with van der Waals surface area (Å²) in [7, 11) is 1.42. The van der Waals surface area contributed by atoms with Crippen LogP contribution in [0, 0.1) is 0 Å². The van der Waals surface area contributed by atoms with E-state index in [2.05, 4.69) is 0 Å². The molecule has 1 aliphatic rings. The van der Waals surface area contributed by atoms with Crippen molar-refractivity contribution in [3.05, 3.63) is 41.1 Å². The van der Waals surface area contributed by atoms with Gasteiger partial charge in [-0.25, -0.2) is 0 Å². The molecule has 17 heavy (non-hydrogen) atoms. The van der Waals surface area contributed by atoms with Gasteiger partial charge < -0.3 is 11.5 Å². The number of benzene rings is 1. The Kier molecular flexibility index (Phi) is 2.69. The second-order valence-electron chi connectivity index (χ2n) is 3.86. The lowest BCUT2D eigenvalue weighted by molar-refractivity contribution is -0.135. The van der Waals surface area contributed by atoms with Crippen molar-refractivity contribution in [1.82, 2.24) is 4.90 Å². The fraction of sp³-hybridized carbons (Fsp3) is 0.167. The van der Waals surface area contributed by atoms with Crippen LogP contribution in [0.1, 0.15) is 11.1 Å². The summed E-state index contributed by atoms with van der Waals surface area (Å²) in [6.07, 6.45) is 0. The van der Waals surface area contributed by atoms with Crippen LogP contribution in [-0.2, 0) is 16.1 Å². The van der Waals surface area contributed by atoms with E-state index >= 15 is 0 Å². The lowest BCUT2D eigenvalue weighted by Crippen LogP contribution is -2.28. The summed E-state index contributed by atoms with van der Waals surface area (Å²) in [6, 6.07) is 7.11. The SMILES string of the molecule is CN1C(=O)C(N)=C(c2ccc(CN)cc2)C1=O. The topological polar surface area (TPSA) is 89.4 Å². The number of carbonyl (C=O) groups is 2. The van der Waals surface area contributed by atoms with Crippen molar-refractivity contribution in [2.75, 3.05) is 7.05 Å². The third-order valence-corrected chi connectivity index (χ3v) is 2.80. The molecule has 2 rings (SSSR count). The van der Waals surface area contributed by atoms with Gasteiger partial charge in [0.05, 0.1) is 5.57 Å². The Hall–Kier alpha value is -2.14. The van der Waals surface area contributed by atoms with Crippen molar-refractivity contribution in [2.24, 2.45) is 11.5 Å². The average molecular weight is 231 g/mol. The average Bonchev–Trinajstić information content (AvgIpc) is 2.54. The highest BCUT2D eigenvalue weighted by Crippen LogP contribution is 2.25. The van der Waals surface area contributed by atoms with E-state index in [1.807, 2.05) is 12.1 Å². The van der Waals surface area contributed by atoms with Crippen LogP contribution in [0.15, 0.2) is 30.0 Å². The molecule has 1 heterocycles. The molecule has 0 radical (unpaired) electrons. The minimum atomic E-state index is -0.451. The monoisotopic (exact) mass is 231 g/mol. The number of nitrogens with two attached hydrogens (primary N) is 2. The zero-order valence-electron chi connectivity index (χ0n) is 9.43. The third kappa shape index (κ3) is 1.70. The first-order valence-electron chi connectivity index (χ1n) is 5.17. The Bertz CT molecular complexity index is 517. The summed E-state index contributed by atoms with van der Waals surface area (Å²) < 4.78 is 0. The smallest absolute Gasteiger partial charge is 0.277 e. The molecule has 0 unspecified atom stereocenters. The van der Waals surface area contributed by atoms with Gasteiger partial charge in [0, 0.05) is 13.6 Å². The van der Waals surface area contributed by atoms with Gasteiger partial charge in [-0.05, 0) is 11.1 Å². The van der Waals surface area contributed by atoms with Crippen molar-refractivity contribution in [3.8, 4) is 0 Å². The number of nitrogens with zero attached hydrogens (tertiary/aromatic N) is 1. The molecule has 0 atom stereocenters. The lowest BCUT2D eigenvalue weighted by Gasteiger charge is -2.06. The molecule has 1 aliphatic heterocycles. The van der Waals surface area contributed by atoms with Gasteiger partial charge in [-0.1, -0.05) is 24.3 Å². The molecule has 1 aromatic carbocycles. The molecule has 0 bridgehead atoms. The fourth-order valence-electron chi connectivity index (χ4n) is 1.75. The zero-order chi connectivity index (χ0) is 12.6. The summed E-state index contributed by atoms with van der Waals surface area (Å²) >= 11 is 0. The second kappa shape index (κ2) is 4.03. The Morgan fingerprint density at radius 3 is 2.12 bits per heavy atom. The van der Waals surface area contributed by atoms with E-state index in [4.69, 9.17) is 11.5 Å². The summed E-state index contributed by atoms with van der Waals surface area (Å²) in [5.41, 5.74) is 13.0. The molecule has 1 aromatic rings. The van der Waals surface area contributed by atoms with E-state index in [9.17, 15) is 9.59 Å². The van der Waals surface area contributed by atoms with Crippen LogP contribution in [0.2, 0.25) is 0 Å². The van der Waals surface area contributed by atoms with Gasteiger partial charge in [-0.15, -0.1) is 0 Å². The molecule has 0 aliphatic carbocycles. The number of hydrogen-bond acceptors (Lipinski definition) is 4. The lowest BCUT2D eigenvalue weighted by atomic mass is 10.0. The van der Waals surface area contributed by atoms with Crippen LogP contribution in [0.3, 0.4) is 0 Å². The van der Waals surface area contributed by atoms with Gasteiger partial charge in [0.15, 0.2) is 0 Å². The van der Waals surface area contributed by atoms with Crippen molar-refractivity contribution in [3.63, 3.8) is 0 Å². The van der Waals surface area contributed by atoms with Crippen LogP contribution in [0.25, 0.3) is 5.57 Å². The van der Waals surface area contributed by atoms with Gasteiger partial charge in [-0.3, -0.25) is 14.5 Å². The molecule has 0 spiro atoms. The Morgan fingerprint density at radius 2 is 1.71 bits per heavy atom. The molecule has 0 saturated heterocycles. The molecule has 88 valence electrons. The van der Waals surface area contributed by atoms with Crippen LogP contribution in [0.4, 0.5) is 0 Å². The third-order valence-electron chi connectivity index (χ3n) is 2.80. The number of rotatable bonds is 2. The number of likely N-dealkylation sites (N-methyl/N-ethyl adjacent to an activating group) is 1. The van der Waals surface area contributed by atoms with Gasteiger partial charge in [-0.2, -0.15) is 0 Å². The molecule has 2 amide bonds. The Balaban J connectivity index is 2.46. The first-order valence-corrected chi connectivity index (χ1v) is 5.17. The highest BCUT2D eigenvalue weighted by molar-refractivity contribution is 6.35. The maximum Gasteiger partial charge on any atom is 0.277 e. The molecule has 0 aromatic heterocycles. The van der Waals surface area contributed by atoms with Crippen molar-refractivity contribution >= 4 is 17.4 Å². The number of imide groups is 1. The quantitative estimate of drug-likeness (QED) is 0.690. The van der Waals surface area contributed by atoms with Crippen molar-refractivity contribution in [2.45, 2.75) is 6.54 Å². The van der Waals surface area contributed by atoms with Gasteiger partial charge in [0.25, 0.3) is 11.8 Å². The minimum absolute atomic E-state index is 0.00185. The largest absolute Gasteiger partial charge is 0.394 e.